The summed E-state index contributed by atoms with van der Waals surface area (Å²) in [6, 6.07) is 23.0. The predicted molar refractivity (Wildman–Crippen MR) is 106 cm³/mol. The lowest BCUT2D eigenvalue weighted by molar-refractivity contribution is 0.106. The van der Waals surface area contributed by atoms with Gasteiger partial charge in [0, 0.05) is 11.1 Å². The third-order valence-electron chi connectivity index (χ3n) is 3.87. The fourth-order valence-electron chi connectivity index (χ4n) is 2.48. The number of hydrogen-bond acceptors (Lipinski definition) is 5. The van der Waals surface area contributed by atoms with Gasteiger partial charge in [-0.15, -0.1) is 5.10 Å². The van der Waals surface area contributed by atoms with Gasteiger partial charge in [-0.2, -0.15) is 5.10 Å². The van der Waals surface area contributed by atoms with Crippen molar-refractivity contribution in [2.75, 3.05) is 7.11 Å². The smallest absolute Gasteiger partial charge is 0.213 e. The topological polar surface area (TPSA) is 71.2 Å². The average molecular weight is 358 g/mol. The molecule has 0 aliphatic heterocycles. The monoisotopic (exact) mass is 358 g/mol. The lowest BCUT2D eigenvalue weighted by Gasteiger charge is -2.05. The molecule has 0 amide bonds. The van der Waals surface area contributed by atoms with Gasteiger partial charge in [0.25, 0.3) is 0 Å². The minimum atomic E-state index is -0.206. The van der Waals surface area contributed by atoms with Gasteiger partial charge in [-0.25, -0.2) is 0 Å². The summed E-state index contributed by atoms with van der Waals surface area (Å²) in [5.74, 6) is 0.177. The first-order valence-electron chi connectivity index (χ1n) is 8.32. The van der Waals surface area contributed by atoms with Gasteiger partial charge in [0.1, 0.15) is 5.71 Å². The number of carbonyl (C=O) groups is 1. The molecule has 0 aliphatic carbocycles. The zero-order valence-corrected chi connectivity index (χ0v) is 14.7. The first-order chi connectivity index (χ1) is 13.2. The SMILES string of the molecule is COc1cc(/C=N/N=C(C(=O)c2ccccc2)c2ccccc2)ccc1O. The molecule has 3 rings (SSSR count). The Labute approximate surface area is 157 Å². The van der Waals surface area contributed by atoms with Gasteiger partial charge in [-0.05, 0) is 23.8 Å². The summed E-state index contributed by atoms with van der Waals surface area (Å²) >= 11 is 0. The number of methoxy groups -OCH3 is 1. The Hall–Kier alpha value is -3.73. The Balaban J connectivity index is 1.94. The van der Waals surface area contributed by atoms with Crippen LogP contribution in [0.4, 0.5) is 0 Å². The van der Waals surface area contributed by atoms with E-state index in [0.717, 1.165) is 0 Å². The number of ketones is 1. The van der Waals surface area contributed by atoms with Crippen molar-refractivity contribution in [3.8, 4) is 11.5 Å². The molecule has 0 heterocycles. The third kappa shape index (κ3) is 4.46. The van der Waals surface area contributed by atoms with Crippen molar-refractivity contribution in [1.82, 2.24) is 0 Å². The van der Waals surface area contributed by atoms with E-state index in [2.05, 4.69) is 10.2 Å². The molecule has 27 heavy (non-hydrogen) atoms. The van der Waals surface area contributed by atoms with Gasteiger partial charge in [0.15, 0.2) is 11.5 Å². The molecule has 0 bridgehead atoms. The van der Waals surface area contributed by atoms with E-state index in [0.29, 0.717) is 22.4 Å². The number of hydrogen-bond donors (Lipinski definition) is 1. The van der Waals surface area contributed by atoms with Crippen LogP contribution in [0.3, 0.4) is 0 Å². The van der Waals surface area contributed by atoms with Crippen molar-refractivity contribution >= 4 is 17.7 Å². The molecule has 0 atom stereocenters. The summed E-state index contributed by atoms with van der Waals surface area (Å²) in [5, 5.41) is 17.9. The number of Topliss-reactive ketones (excluding diaryl/α,β-unsaturated/α-hetero) is 1. The Morgan fingerprint density at radius 3 is 2.19 bits per heavy atom. The number of phenols is 1. The summed E-state index contributed by atoms with van der Waals surface area (Å²) in [4.78, 5) is 12.9. The summed E-state index contributed by atoms with van der Waals surface area (Å²) in [5.41, 5.74) is 2.17. The highest BCUT2D eigenvalue weighted by Crippen LogP contribution is 2.25. The van der Waals surface area contributed by atoms with Crippen molar-refractivity contribution < 1.29 is 14.6 Å². The van der Waals surface area contributed by atoms with Crippen LogP contribution < -0.4 is 4.74 Å². The molecule has 0 aromatic heterocycles. The molecular formula is C22H18N2O3. The normalized spacial score (nSPS) is 11.5. The summed E-state index contributed by atoms with van der Waals surface area (Å²) in [6.07, 6.45) is 1.50. The highest BCUT2D eigenvalue weighted by atomic mass is 16.5. The maximum absolute atomic E-state index is 12.9. The number of nitrogens with zero attached hydrogens (tertiary/aromatic N) is 2. The van der Waals surface area contributed by atoms with Crippen LogP contribution in [0.2, 0.25) is 0 Å². The molecule has 0 spiro atoms. The highest BCUT2D eigenvalue weighted by molar-refractivity contribution is 6.51. The lowest BCUT2D eigenvalue weighted by atomic mass is 10.0. The Morgan fingerprint density at radius 2 is 1.56 bits per heavy atom. The van der Waals surface area contributed by atoms with Crippen LogP contribution >= 0.6 is 0 Å². The van der Waals surface area contributed by atoms with Crippen LogP contribution in [0, 0.1) is 0 Å². The van der Waals surface area contributed by atoms with Crippen molar-refractivity contribution in [2.45, 2.75) is 0 Å². The minimum absolute atomic E-state index is 0.0439. The molecule has 0 saturated carbocycles. The maximum Gasteiger partial charge on any atom is 0.213 e. The molecule has 5 nitrogen and oxygen atoms in total. The molecule has 0 unspecified atom stereocenters. The van der Waals surface area contributed by atoms with E-state index < -0.39 is 0 Å². The standard InChI is InChI=1S/C22H18N2O3/c1-27-20-14-16(12-13-19(20)25)15-23-24-21(17-8-4-2-5-9-17)22(26)18-10-6-3-7-11-18/h2-15,25H,1H3/b23-15+,24-21?. The average Bonchev–Trinajstić information content (AvgIpc) is 2.73. The number of benzene rings is 3. The molecular weight excluding hydrogens is 340 g/mol. The van der Waals surface area contributed by atoms with Gasteiger partial charge in [0.2, 0.25) is 5.78 Å². The van der Waals surface area contributed by atoms with Crippen LogP contribution in [0.1, 0.15) is 21.5 Å². The first-order valence-corrected chi connectivity index (χ1v) is 8.32. The van der Waals surface area contributed by atoms with E-state index >= 15 is 0 Å². The lowest BCUT2D eigenvalue weighted by Crippen LogP contribution is -2.15. The van der Waals surface area contributed by atoms with E-state index in [4.69, 9.17) is 4.74 Å². The van der Waals surface area contributed by atoms with Crippen molar-refractivity contribution in [1.29, 1.82) is 0 Å². The van der Waals surface area contributed by atoms with E-state index in [1.807, 2.05) is 48.5 Å². The van der Waals surface area contributed by atoms with Crippen LogP contribution in [0.5, 0.6) is 11.5 Å². The molecule has 134 valence electrons. The van der Waals surface area contributed by atoms with Crippen LogP contribution in [-0.2, 0) is 0 Å². The quantitative estimate of drug-likeness (QED) is 0.409. The van der Waals surface area contributed by atoms with Gasteiger partial charge < -0.3 is 9.84 Å². The van der Waals surface area contributed by atoms with Crippen molar-refractivity contribution in [3.63, 3.8) is 0 Å². The highest BCUT2D eigenvalue weighted by Gasteiger charge is 2.16. The second kappa shape index (κ2) is 8.58. The summed E-state index contributed by atoms with van der Waals surface area (Å²) in [7, 11) is 1.47. The second-order valence-corrected chi connectivity index (χ2v) is 5.69. The second-order valence-electron chi connectivity index (χ2n) is 5.69. The van der Waals surface area contributed by atoms with E-state index in [1.54, 1.807) is 24.3 Å². The van der Waals surface area contributed by atoms with Crippen molar-refractivity contribution in [2.24, 2.45) is 10.2 Å². The fourth-order valence-corrected chi connectivity index (χ4v) is 2.48. The van der Waals surface area contributed by atoms with Gasteiger partial charge >= 0.3 is 0 Å². The molecule has 0 fully saturated rings. The van der Waals surface area contributed by atoms with Crippen molar-refractivity contribution in [3.05, 3.63) is 95.6 Å². The van der Waals surface area contributed by atoms with Crippen LogP contribution in [0.15, 0.2) is 89.1 Å². The predicted octanol–water partition coefficient (Wildman–Crippen LogP) is 4.11. The Morgan fingerprint density at radius 1 is 0.926 bits per heavy atom. The zero-order chi connectivity index (χ0) is 19.1. The molecule has 1 N–H and O–H groups in total. The fraction of sp³-hybridized carbons (Fsp3) is 0.0455. The number of ether oxygens (including phenoxy) is 1. The molecule has 0 saturated heterocycles. The zero-order valence-electron chi connectivity index (χ0n) is 14.7. The van der Waals surface area contributed by atoms with Crippen LogP contribution in [0.25, 0.3) is 0 Å². The number of rotatable bonds is 6. The van der Waals surface area contributed by atoms with Gasteiger partial charge in [0.05, 0.1) is 13.3 Å². The summed E-state index contributed by atoms with van der Waals surface area (Å²) in [6.45, 7) is 0. The molecule has 0 radical (unpaired) electrons. The van der Waals surface area contributed by atoms with Crippen LogP contribution in [-0.4, -0.2) is 29.9 Å². The largest absolute Gasteiger partial charge is 0.504 e. The van der Waals surface area contributed by atoms with Gasteiger partial charge in [-0.1, -0.05) is 60.7 Å². The number of carbonyl (C=O) groups excluding carboxylic acids is 1. The van der Waals surface area contributed by atoms with E-state index in [1.165, 1.54) is 19.4 Å². The Bertz CT molecular complexity index is 981. The molecule has 5 heteroatoms. The first kappa shape index (κ1) is 18.1. The molecule has 0 aliphatic rings. The Kier molecular flexibility index (Phi) is 5.74. The molecule has 3 aromatic rings. The third-order valence-corrected chi connectivity index (χ3v) is 3.87. The summed E-state index contributed by atoms with van der Waals surface area (Å²) < 4.78 is 5.08. The maximum atomic E-state index is 12.9. The van der Waals surface area contributed by atoms with Gasteiger partial charge in [-0.3, -0.25) is 4.79 Å². The number of aromatic hydroxyl groups is 1. The van der Waals surface area contributed by atoms with E-state index in [9.17, 15) is 9.90 Å². The number of phenolic OH excluding ortho intramolecular Hbond substituents is 1. The minimum Gasteiger partial charge on any atom is -0.504 e. The molecule has 3 aromatic carbocycles. The van der Waals surface area contributed by atoms with E-state index in [-0.39, 0.29) is 17.2 Å².